The number of likely N-dealkylation sites (N-methyl/N-ethyl adjacent to an activating group) is 1. The van der Waals surface area contributed by atoms with Crippen LogP contribution in [0.5, 0.6) is 0 Å². The SMILES string of the molecule is CC1CC(N)CCN1CC(=O)N(C)C1CC1. The van der Waals surface area contributed by atoms with Gasteiger partial charge < -0.3 is 10.6 Å². The van der Waals surface area contributed by atoms with Crippen molar-refractivity contribution in [2.45, 2.75) is 50.7 Å². The average molecular weight is 225 g/mol. The molecule has 0 radical (unpaired) electrons. The van der Waals surface area contributed by atoms with E-state index >= 15 is 0 Å². The molecule has 1 aliphatic heterocycles. The molecule has 1 amide bonds. The Kier molecular flexibility index (Phi) is 3.50. The Morgan fingerprint density at radius 2 is 2.12 bits per heavy atom. The van der Waals surface area contributed by atoms with Gasteiger partial charge >= 0.3 is 0 Å². The van der Waals surface area contributed by atoms with Gasteiger partial charge in [-0.2, -0.15) is 0 Å². The van der Waals surface area contributed by atoms with Crippen molar-refractivity contribution in [3.05, 3.63) is 0 Å². The maximum Gasteiger partial charge on any atom is 0.236 e. The lowest BCUT2D eigenvalue weighted by Crippen LogP contribution is -2.49. The van der Waals surface area contributed by atoms with E-state index in [-0.39, 0.29) is 5.91 Å². The zero-order valence-corrected chi connectivity index (χ0v) is 10.4. The van der Waals surface area contributed by atoms with Gasteiger partial charge in [-0.1, -0.05) is 0 Å². The van der Waals surface area contributed by atoms with E-state index in [1.54, 1.807) is 0 Å². The van der Waals surface area contributed by atoms with Gasteiger partial charge in [0.25, 0.3) is 0 Å². The van der Waals surface area contributed by atoms with Crippen molar-refractivity contribution in [3.63, 3.8) is 0 Å². The predicted molar refractivity (Wildman–Crippen MR) is 64.0 cm³/mol. The Morgan fingerprint density at radius 3 is 2.69 bits per heavy atom. The Balaban J connectivity index is 1.81. The Bertz CT molecular complexity index is 265. The molecular weight excluding hydrogens is 202 g/mol. The van der Waals surface area contributed by atoms with Crippen molar-refractivity contribution in [1.82, 2.24) is 9.80 Å². The molecule has 1 heterocycles. The van der Waals surface area contributed by atoms with Crippen LogP contribution in [0.2, 0.25) is 0 Å². The minimum Gasteiger partial charge on any atom is -0.342 e. The van der Waals surface area contributed by atoms with Crippen molar-refractivity contribution < 1.29 is 4.79 Å². The lowest BCUT2D eigenvalue weighted by Gasteiger charge is -2.36. The molecule has 0 spiro atoms. The van der Waals surface area contributed by atoms with Crippen molar-refractivity contribution in [2.75, 3.05) is 20.1 Å². The summed E-state index contributed by atoms with van der Waals surface area (Å²) in [6.45, 7) is 3.71. The molecule has 92 valence electrons. The van der Waals surface area contributed by atoms with Crippen LogP contribution < -0.4 is 5.73 Å². The normalized spacial score (nSPS) is 31.4. The predicted octanol–water partition coefficient (Wildman–Crippen LogP) is 0.419. The highest BCUT2D eigenvalue weighted by Crippen LogP contribution is 2.25. The lowest BCUT2D eigenvalue weighted by atomic mass is 9.99. The third kappa shape index (κ3) is 2.74. The van der Waals surface area contributed by atoms with Gasteiger partial charge in [0.2, 0.25) is 5.91 Å². The van der Waals surface area contributed by atoms with Crippen molar-refractivity contribution >= 4 is 5.91 Å². The molecule has 0 aromatic carbocycles. The number of carbonyl (C=O) groups is 1. The van der Waals surface area contributed by atoms with Crippen molar-refractivity contribution in [3.8, 4) is 0 Å². The first-order valence-corrected chi connectivity index (χ1v) is 6.33. The second-order valence-corrected chi connectivity index (χ2v) is 5.34. The summed E-state index contributed by atoms with van der Waals surface area (Å²) in [5, 5.41) is 0. The number of piperidine rings is 1. The molecule has 0 aromatic rings. The molecule has 1 saturated carbocycles. The van der Waals surface area contributed by atoms with Gasteiger partial charge in [-0.25, -0.2) is 0 Å². The lowest BCUT2D eigenvalue weighted by molar-refractivity contribution is -0.132. The quantitative estimate of drug-likeness (QED) is 0.757. The van der Waals surface area contributed by atoms with Gasteiger partial charge in [0.1, 0.15) is 0 Å². The number of amides is 1. The number of carbonyl (C=O) groups excluding carboxylic acids is 1. The Morgan fingerprint density at radius 1 is 1.44 bits per heavy atom. The molecule has 1 aliphatic carbocycles. The van der Waals surface area contributed by atoms with Gasteiger partial charge in [-0.05, 0) is 32.6 Å². The van der Waals surface area contributed by atoms with E-state index in [1.807, 2.05) is 11.9 Å². The zero-order valence-electron chi connectivity index (χ0n) is 10.4. The Labute approximate surface area is 97.8 Å². The molecule has 4 heteroatoms. The van der Waals surface area contributed by atoms with E-state index < -0.39 is 0 Å². The Hall–Kier alpha value is -0.610. The summed E-state index contributed by atoms with van der Waals surface area (Å²) in [4.78, 5) is 16.2. The van der Waals surface area contributed by atoms with Gasteiger partial charge in [-0.15, -0.1) is 0 Å². The fourth-order valence-electron chi connectivity index (χ4n) is 2.44. The smallest absolute Gasteiger partial charge is 0.236 e. The van der Waals surface area contributed by atoms with Crippen LogP contribution in [0.1, 0.15) is 32.6 Å². The van der Waals surface area contributed by atoms with E-state index in [1.165, 1.54) is 12.8 Å². The summed E-state index contributed by atoms with van der Waals surface area (Å²) in [5.74, 6) is 0.268. The van der Waals surface area contributed by atoms with Crippen LogP contribution in [0.4, 0.5) is 0 Å². The number of hydrogen-bond acceptors (Lipinski definition) is 3. The third-order valence-corrected chi connectivity index (χ3v) is 3.88. The molecule has 16 heavy (non-hydrogen) atoms. The van der Waals surface area contributed by atoms with Crippen LogP contribution in [0.3, 0.4) is 0 Å². The summed E-state index contributed by atoms with van der Waals surface area (Å²) >= 11 is 0. The standard InChI is InChI=1S/C12H23N3O/c1-9-7-10(13)5-6-15(9)8-12(16)14(2)11-3-4-11/h9-11H,3-8,13H2,1-2H3. The van der Waals surface area contributed by atoms with E-state index in [0.717, 1.165) is 19.4 Å². The topological polar surface area (TPSA) is 49.6 Å². The van der Waals surface area contributed by atoms with Crippen LogP contribution in [-0.4, -0.2) is 54.0 Å². The number of hydrogen-bond donors (Lipinski definition) is 1. The van der Waals surface area contributed by atoms with E-state index in [0.29, 0.717) is 24.7 Å². The van der Waals surface area contributed by atoms with Gasteiger partial charge in [0.05, 0.1) is 6.54 Å². The van der Waals surface area contributed by atoms with Gasteiger partial charge in [0, 0.05) is 31.7 Å². The van der Waals surface area contributed by atoms with Crippen molar-refractivity contribution in [1.29, 1.82) is 0 Å². The van der Waals surface area contributed by atoms with Crippen LogP contribution in [0, 0.1) is 0 Å². The van der Waals surface area contributed by atoms with Gasteiger partial charge in [0.15, 0.2) is 0 Å². The number of nitrogens with two attached hydrogens (primary N) is 1. The van der Waals surface area contributed by atoms with E-state index in [2.05, 4.69) is 11.8 Å². The largest absolute Gasteiger partial charge is 0.342 e. The van der Waals surface area contributed by atoms with Gasteiger partial charge in [-0.3, -0.25) is 9.69 Å². The highest BCUT2D eigenvalue weighted by Gasteiger charge is 2.31. The summed E-state index contributed by atoms with van der Waals surface area (Å²) < 4.78 is 0. The number of likely N-dealkylation sites (tertiary alicyclic amines) is 1. The molecular formula is C12H23N3O. The molecule has 2 aliphatic rings. The molecule has 2 rings (SSSR count). The fourth-order valence-corrected chi connectivity index (χ4v) is 2.44. The highest BCUT2D eigenvalue weighted by atomic mass is 16.2. The highest BCUT2D eigenvalue weighted by molar-refractivity contribution is 5.78. The summed E-state index contributed by atoms with van der Waals surface area (Å²) in [7, 11) is 1.93. The van der Waals surface area contributed by atoms with E-state index in [4.69, 9.17) is 5.73 Å². The monoisotopic (exact) mass is 225 g/mol. The van der Waals surface area contributed by atoms with Crippen LogP contribution >= 0.6 is 0 Å². The zero-order chi connectivity index (χ0) is 11.7. The van der Waals surface area contributed by atoms with Crippen LogP contribution in [0.25, 0.3) is 0 Å². The second kappa shape index (κ2) is 4.72. The van der Waals surface area contributed by atoms with Crippen LogP contribution in [-0.2, 0) is 4.79 Å². The summed E-state index contributed by atoms with van der Waals surface area (Å²) in [5.41, 5.74) is 5.91. The second-order valence-electron chi connectivity index (χ2n) is 5.34. The molecule has 2 atom stereocenters. The molecule has 1 saturated heterocycles. The third-order valence-electron chi connectivity index (χ3n) is 3.88. The molecule has 0 aromatic heterocycles. The maximum atomic E-state index is 12.0. The minimum absolute atomic E-state index is 0.268. The number of nitrogens with zero attached hydrogens (tertiary/aromatic N) is 2. The van der Waals surface area contributed by atoms with E-state index in [9.17, 15) is 4.79 Å². The first kappa shape index (κ1) is 11.9. The molecule has 2 fully saturated rings. The average Bonchev–Trinajstić information content (AvgIpc) is 3.04. The molecule has 2 unspecified atom stereocenters. The summed E-state index contributed by atoms with van der Waals surface area (Å²) in [6, 6.07) is 1.29. The first-order valence-electron chi connectivity index (χ1n) is 6.33. The minimum atomic E-state index is 0.268. The maximum absolute atomic E-state index is 12.0. The number of rotatable bonds is 3. The molecule has 4 nitrogen and oxygen atoms in total. The summed E-state index contributed by atoms with van der Waals surface area (Å²) in [6.07, 6.45) is 4.40. The fraction of sp³-hybridized carbons (Fsp3) is 0.917. The molecule has 2 N–H and O–H groups in total. The molecule has 0 bridgehead atoms. The van der Waals surface area contributed by atoms with Crippen LogP contribution in [0.15, 0.2) is 0 Å². The van der Waals surface area contributed by atoms with Crippen molar-refractivity contribution in [2.24, 2.45) is 5.73 Å². The first-order chi connectivity index (χ1) is 7.58.